The van der Waals surface area contributed by atoms with Crippen molar-refractivity contribution >= 4 is 11.4 Å². The molecule has 0 amide bonds. The Morgan fingerprint density at radius 1 is 0.905 bits per heavy atom. The maximum absolute atomic E-state index is 6.47. The molecule has 2 nitrogen and oxygen atoms in total. The Kier molecular flexibility index (Phi) is 4.14. The molecule has 0 saturated heterocycles. The van der Waals surface area contributed by atoms with E-state index in [0.717, 1.165) is 17.8 Å². The Bertz CT molecular complexity index is 613. The summed E-state index contributed by atoms with van der Waals surface area (Å²) >= 11 is 0. The standard InChI is InChI=1S/C19H24N2/c20-17-10-4-6-14(13-17)12-16-9-5-11-18(19(16)21)15-7-2-1-3-8-15/h4-6,9-11,13,15H,1-3,7-8,12,20-21H2. The summed E-state index contributed by atoms with van der Waals surface area (Å²) in [4.78, 5) is 0. The summed E-state index contributed by atoms with van der Waals surface area (Å²) in [6.07, 6.45) is 7.47. The molecule has 2 aromatic rings. The summed E-state index contributed by atoms with van der Waals surface area (Å²) in [7, 11) is 0. The highest BCUT2D eigenvalue weighted by molar-refractivity contribution is 5.57. The van der Waals surface area contributed by atoms with Gasteiger partial charge in [0.15, 0.2) is 0 Å². The Labute approximate surface area is 127 Å². The van der Waals surface area contributed by atoms with Crippen LogP contribution in [0.1, 0.15) is 54.7 Å². The molecule has 0 aliphatic heterocycles. The SMILES string of the molecule is Nc1cccc(Cc2cccc(C3CCCCC3)c2N)c1. The van der Waals surface area contributed by atoms with Crippen molar-refractivity contribution in [3.63, 3.8) is 0 Å². The van der Waals surface area contributed by atoms with Gasteiger partial charge < -0.3 is 11.5 Å². The van der Waals surface area contributed by atoms with Crippen molar-refractivity contribution in [2.24, 2.45) is 0 Å². The molecule has 1 fully saturated rings. The van der Waals surface area contributed by atoms with Gasteiger partial charge in [0, 0.05) is 11.4 Å². The molecule has 4 N–H and O–H groups in total. The third-order valence-corrected chi connectivity index (χ3v) is 4.62. The Morgan fingerprint density at radius 3 is 2.43 bits per heavy atom. The molecular formula is C19H24N2. The zero-order valence-corrected chi connectivity index (χ0v) is 12.5. The molecule has 1 saturated carbocycles. The minimum absolute atomic E-state index is 0.652. The molecule has 0 aromatic heterocycles. The Balaban J connectivity index is 1.86. The van der Waals surface area contributed by atoms with Crippen LogP contribution in [0.5, 0.6) is 0 Å². The van der Waals surface area contributed by atoms with Crippen LogP contribution >= 0.6 is 0 Å². The number of nitrogens with two attached hydrogens (primary N) is 2. The van der Waals surface area contributed by atoms with Gasteiger partial charge in [-0.2, -0.15) is 0 Å². The summed E-state index contributed by atoms with van der Waals surface area (Å²) in [5.41, 5.74) is 17.9. The average Bonchev–Trinajstić information content (AvgIpc) is 2.50. The Morgan fingerprint density at radius 2 is 1.67 bits per heavy atom. The normalized spacial score (nSPS) is 16.0. The van der Waals surface area contributed by atoms with Gasteiger partial charge in [-0.05, 0) is 54.0 Å². The largest absolute Gasteiger partial charge is 0.399 e. The molecule has 1 aliphatic carbocycles. The van der Waals surface area contributed by atoms with Crippen molar-refractivity contribution in [2.75, 3.05) is 11.5 Å². The third-order valence-electron chi connectivity index (χ3n) is 4.62. The molecule has 110 valence electrons. The van der Waals surface area contributed by atoms with E-state index in [1.807, 2.05) is 18.2 Å². The van der Waals surface area contributed by atoms with Crippen molar-refractivity contribution in [3.05, 3.63) is 59.2 Å². The summed E-state index contributed by atoms with van der Waals surface area (Å²) < 4.78 is 0. The summed E-state index contributed by atoms with van der Waals surface area (Å²) in [6.45, 7) is 0. The summed E-state index contributed by atoms with van der Waals surface area (Å²) in [6, 6.07) is 14.6. The molecular weight excluding hydrogens is 256 g/mol. The monoisotopic (exact) mass is 280 g/mol. The lowest BCUT2D eigenvalue weighted by molar-refractivity contribution is 0.444. The lowest BCUT2D eigenvalue weighted by Gasteiger charge is -2.24. The zero-order valence-electron chi connectivity index (χ0n) is 12.5. The topological polar surface area (TPSA) is 52.0 Å². The predicted molar refractivity (Wildman–Crippen MR) is 90.3 cm³/mol. The van der Waals surface area contributed by atoms with Crippen molar-refractivity contribution in [3.8, 4) is 0 Å². The second-order valence-electron chi connectivity index (χ2n) is 6.18. The number of anilines is 2. The Hall–Kier alpha value is -1.96. The number of benzene rings is 2. The van der Waals surface area contributed by atoms with E-state index in [9.17, 15) is 0 Å². The van der Waals surface area contributed by atoms with E-state index in [0.29, 0.717) is 5.92 Å². The van der Waals surface area contributed by atoms with Gasteiger partial charge in [-0.3, -0.25) is 0 Å². The molecule has 0 unspecified atom stereocenters. The fourth-order valence-electron chi connectivity index (χ4n) is 3.48. The van der Waals surface area contributed by atoms with E-state index < -0.39 is 0 Å². The van der Waals surface area contributed by atoms with E-state index in [1.165, 1.54) is 48.8 Å². The van der Waals surface area contributed by atoms with Gasteiger partial charge in [-0.1, -0.05) is 49.6 Å². The highest BCUT2D eigenvalue weighted by atomic mass is 14.6. The van der Waals surface area contributed by atoms with Gasteiger partial charge in [0.05, 0.1) is 0 Å². The first kappa shape index (κ1) is 14.0. The summed E-state index contributed by atoms with van der Waals surface area (Å²) in [5.74, 6) is 0.652. The number of para-hydroxylation sites is 1. The van der Waals surface area contributed by atoms with E-state index in [2.05, 4.69) is 24.3 Å². The molecule has 0 bridgehead atoms. The van der Waals surface area contributed by atoms with Crippen molar-refractivity contribution < 1.29 is 0 Å². The van der Waals surface area contributed by atoms with Gasteiger partial charge in [-0.25, -0.2) is 0 Å². The molecule has 0 atom stereocenters. The molecule has 3 rings (SSSR count). The molecule has 0 spiro atoms. The average molecular weight is 280 g/mol. The van der Waals surface area contributed by atoms with E-state index in [-0.39, 0.29) is 0 Å². The minimum Gasteiger partial charge on any atom is -0.399 e. The predicted octanol–water partition coefficient (Wildman–Crippen LogP) is 4.49. The molecule has 0 heterocycles. The molecule has 0 radical (unpaired) electrons. The van der Waals surface area contributed by atoms with Gasteiger partial charge in [0.2, 0.25) is 0 Å². The first-order chi connectivity index (χ1) is 10.2. The fraction of sp³-hybridized carbons (Fsp3) is 0.368. The lowest BCUT2D eigenvalue weighted by atomic mass is 9.82. The van der Waals surface area contributed by atoms with Crippen LogP contribution < -0.4 is 11.5 Å². The quantitative estimate of drug-likeness (QED) is 0.814. The molecule has 2 aromatic carbocycles. The van der Waals surface area contributed by atoms with Gasteiger partial charge in [-0.15, -0.1) is 0 Å². The third kappa shape index (κ3) is 3.21. The smallest absolute Gasteiger partial charge is 0.0385 e. The van der Waals surface area contributed by atoms with Crippen LogP contribution in [0.4, 0.5) is 11.4 Å². The maximum Gasteiger partial charge on any atom is 0.0385 e. The summed E-state index contributed by atoms with van der Waals surface area (Å²) in [5, 5.41) is 0. The molecule has 1 aliphatic rings. The van der Waals surface area contributed by atoms with Crippen LogP contribution in [0.25, 0.3) is 0 Å². The van der Waals surface area contributed by atoms with Crippen molar-refractivity contribution in [2.45, 2.75) is 44.4 Å². The van der Waals surface area contributed by atoms with Crippen LogP contribution in [0, 0.1) is 0 Å². The second kappa shape index (κ2) is 6.21. The highest BCUT2D eigenvalue weighted by Crippen LogP contribution is 2.37. The van der Waals surface area contributed by atoms with Gasteiger partial charge >= 0.3 is 0 Å². The van der Waals surface area contributed by atoms with Crippen molar-refractivity contribution in [1.29, 1.82) is 0 Å². The van der Waals surface area contributed by atoms with Crippen LogP contribution in [0.15, 0.2) is 42.5 Å². The number of hydrogen-bond donors (Lipinski definition) is 2. The minimum atomic E-state index is 0.652. The van der Waals surface area contributed by atoms with E-state index in [1.54, 1.807) is 0 Å². The zero-order chi connectivity index (χ0) is 14.7. The first-order valence-corrected chi connectivity index (χ1v) is 7.96. The van der Waals surface area contributed by atoms with Crippen LogP contribution in [-0.2, 0) is 6.42 Å². The van der Waals surface area contributed by atoms with Crippen molar-refractivity contribution in [1.82, 2.24) is 0 Å². The van der Waals surface area contributed by atoms with Gasteiger partial charge in [0.1, 0.15) is 0 Å². The van der Waals surface area contributed by atoms with Gasteiger partial charge in [0.25, 0.3) is 0 Å². The van der Waals surface area contributed by atoms with Crippen LogP contribution in [-0.4, -0.2) is 0 Å². The highest BCUT2D eigenvalue weighted by Gasteiger charge is 2.18. The number of rotatable bonds is 3. The van der Waals surface area contributed by atoms with Crippen LogP contribution in [0.2, 0.25) is 0 Å². The lowest BCUT2D eigenvalue weighted by Crippen LogP contribution is -2.09. The first-order valence-electron chi connectivity index (χ1n) is 7.96. The van der Waals surface area contributed by atoms with E-state index >= 15 is 0 Å². The van der Waals surface area contributed by atoms with Crippen LogP contribution in [0.3, 0.4) is 0 Å². The number of nitrogen functional groups attached to an aromatic ring is 2. The molecule has 2 heteroatoms. The second-order valence-corrected chi connectivity index (χ2v) is 6.18. The fourth-order valence-corrected chi connectivity index (χ4v) is 3.48. The van der Waals surface area contributed by atoms with E-state index in [4.69, 9.17) is 11.5 Å². The molecule has 21 heavy (non-hydrogen) atoms. The maximum atomic E-state index is 6.47. The number of hydrogen-bond acceptors (Lipinski definition) is 2.